The van der Waals surface area contributed by atoms with Crippen LogP contribution < -0.4 is 5.73 Å². The number of hydrogen-bond acceptors (Lipinski definition) is 4. The lowest BCUT2D eigenvalue weighted by molar-refractivity contribution is 0.00788. The Hall–Kier alpha value is -1.78. The van der Waals surface area contributed by atoms with E-state index in [4.69, 9.17) is 10.5 Å². The summed E-state index contributed by atoms with van der Waals surface area (Å²) >= 11 is 0. The molecule has 1 saturated heterocycles. The summed E-state index contributed by atoms with van der Waals surface area (Å²) in [6.07, 6.45) is 1.39. The highest BCUT2D eigenvalue weighted by Gasteiger charge is 2.35. The van der Waals surface area contributed by atoms with Crippen molar-refractivity contribution in [1.29, 1.82) is 0 Å². The summed E-state index contributed by atoms with van der Waals surface area (Å²) in [6.45, 7) is 6.91. The molecule has 0 bridgehead atoms. The van der Waals surface area contributed by atoms with E-state index in [0.29, 0.717) is 18.8 Å². The Kier molecular flexibility index (Phi) is 3.15. The maximum absolute atomic E-state index is 11.7. The van der Waals surface area contributed by atoms with Gasteiger partial charge >= 0.3 is 6.09 Å². The smallest absolute Gasteiger partial charge is 0.410 e. The number of amides is 1. The van der Waals surface area contributed by atoms with Gasteiger partial charge in [0.1, 0.15) is 5.60 Å². The molecule has 1 amide bonds. The fourth-order valence-corrected chi connectivity index (χ4v) is 1.80. The molecule has 1 aromatic heterocycles. The van der Waals surface area contributed by atoms with E-state index in [-0.39, 0.29) is 12.0 Å². The molecule has 1 aromatic rings. The van der Waals surface area contributed by atoms with Crippen LogP contribution >= 0.6 is 0 Å². The van der Waals surface area contributed by atoms with Gasteiger partial charge in [-0.3, -0.25) is 4.98 Å². The van der Waals surface area contributed by atoms with Crippen molar-refractivity contribution in [2.75, 3.05) is 18.8 Å². The molecule has 0 aliphatic carbocycles. The second-order valence-electron chi connectivity index (χ2n) is 5.60. The second-order valence-corrected chi connectivity index (χ2v) is 5.60. The zero-order valence-electron chi connectivity index (χ0n) is 11.0. The molecular weight excluding hydrogens is 230 g/mol. The molecule has 1 aliphatic rings. The fraction of sp³-hybridized carbons (Fsp3) is 0.538. The number of pyridine rings is 1. The monoisotopic (exact) mass is 249 g/mol. The molecule has 1 fully saturated rings. The topological polar surface area (TPSA) is 68.5 Å². The van der Waals surface area contributed by atoms with E-state index in [1.165, 1.54) is 0 Å². The van der Waals surface area contributed by atoms with Crippen LogP contribution in [0.2, 0.25) is 0 Å². The van der Waals surface area contributed by atoms with Gasteiger partial charge in [-0.2, -0.15) is 0 Å². The molecule has 0 saturated carbocycles. The van der Waals surface area contributed by atoms with E-state index in [2.05, 4.69) is 4.98 Å². The van der Waals surface area contributed by atoms with E-state index in [0.717, 1.165) is 5.69 Å². The van der Waals surface area contributed by atoms with Crippen LogP contribution in [0.3, 0.4) is 0 Å². The number of aromatic nitrogens is 1. The number of carbonyl (C=O) groups is 1. The lowest BCUT2D eigenvalue weighted by Crippen LogP contribution is -2.50. The van der Waals surface area contributed by atoms with Gasteiger partial charge in [0.2, 0.25) is 0 Å². The van der Waals surface area contributed by atoms with Crippen molar-refractivity contribution in [2.24, 2.45) is 0 Å². The third kappa shape index (κ3) is 2.91. The van der Waals surface area contributed by atoms with Gasteiger partial charge in [-0.25, -0.2) is 4.79 Å². The fourth-order valence-electron chi connectivity index (χ4n) is 1.80. The number of ether oxygens (including phenoxy) is 1. The molecule has 0 aromatic carbocycles. The summed E-state index contributed by atoms with van der Waals surface area (Å²) < 4.78 is 5.29. The summed E-state index contributed by atoms with van der Waals surface area (Å²) in [5.74, 6) is 0.290. The second kappa shape index (κ2) is 4.48. The first-order valence-corrected chi connectivity index (χ1v) is 6.04. The Morgan fingerprint density at radius 2 is 2.11 bits per heavy atom. The first-order chi connectivity index (χ1) is 8.35. The minimum atomic E-state index is -0.443. The van der Waals surface area contributed by atoms with E-state index in [9.17, 15) is 4.79 Å². The van der Waals surface area contributed by atoms with Crippen molar-refractivity contribution >= 4 is 11.8 Å². The maximum Gasteiger partial charge on any atom is 0.410 e. The van der Waals surface area contributed by atoms with E-state index in [1.807, 2.05) is 32.9 Å². The standard InChI is InChI=1S/C13H19N3O2/c1-13(2,3)18-12(17)16-7-9(8-16)11-5-4-10(14)6-15-11/h4-6,9H,7-8,14H2,1-3H3. The average Bonchev–Trinajstić information content (AvgIpc) is 2.15. The number of carbonyl (C=O) groups excluding carboxylic acids is 1. The van der Waals surface area contributed by atoms with Crippen molar-refractivity contribution in [3.8, 4) is 0 Å². The van der Waals surface area contributed by atoms with Crippen LogP contribution in [0.15, 0.2) is 18.3 Å². The van der Waals surface area contributed by atoms with Crippen LogP contribution in [-0.2, 0) is 4.74 Å². The maximum atomic E-state index is 11.7. The largest absolute Gasteiger partial charge is 0.444 e. The number of likely N-dealkylation sites (tertiary alicyclic amines) is 1. The van der Waals surface area contributed by atoms with E-state index >= 15 is 0 Å². The molecule has 18 heavy (non-hydrogen) atoms. The number of nitrogen functional groups attached to an aromatic ring is 1. The van der Waals surface area contributed by atoms with Crippen molar-refractivity contribution < 1.29 is 9.53 Å². The highest BCUT2D eigenvalue weighted by atomic mass is 16.6. The molecule has 2 N–H and O–H groups in total. The summed E-state index contributed by atoms with van der Waals surface area (Å²) in [5.41, 5.74) is 6.77. The Labute approximate surface area is 107 Å². The molecule has 98 valence electrons. The highest BCUT2D eigenvalue weighted by molar-refractivity contribution is 5.69. The Bertz CT molecular complexity index is 431. The average molecular weight is 249 g/mol. The van der Waals surface area contributed by atoms with Crippen molar-refractivity contribution in [2.45, 2.75) is 32.3 Å². The normalized spacial score (nSPS) is 16.3. The van der Waals surface area contributed by atoms with Gasteiger partial charge in [0.25, 0.3) is 0 Å². The third-order valence-electron chi connectivity index (χ3n) is 2.76. The lowest BCUT2D eigenvalue weighted by atomic mass is 9.96. The summed E-state index contributed by atoms with van der Waals surface area (Å²) in [7, 11) is 0. The minimum absolute atomic E-state index is 0.255. The molecule has 2 rings (SSSR count). The molecule has 5 nitrogen and oxygen atoms in total. The van der Waals surface area contributed by atoms with Gasteiger partial charge in [0.05, 0.1) is 11.9 Å². The molecule has 1 aliphatic heterocycles. The zero-order chi connectivity index (χ0) is 13.3. The van der Waals surface area contributed by atoms with Crippen LogP contribution in [0, 0.1) is 0 Å². The first kappa shape index (κ1) is 12.7. The summed E-state index contributed by atoms with van der Waals surface area (Å²) in [5, 5.41) is 0. The van der Waals surface area contributed by atoms with Crippen molar-refractivity contribution in [3.05, 3.63) is 24.0 Å². The number of nitrogens with two attached hydrogens (primary N) is 1. The molecule has 2 heterocycles. The Balaban J connectivity index is 1.87. The van der Waals surface area contributed by atoms with Crippen LogP contribution in [0.5, 0.6) is 0 Å². The molecule has 0 spiro atoms. The predicted molar refractivity (Wildman–Crippen MR) is 69.2 cm³/mol. The van der Waals surface area contributed by atoms with Crippen LogP contribution in [0.4, 0.5) is 10.5 Å². The number of anilines is 1. The van der Waals surface area contributed by atoms with Gasteiger partial charge in [0, 0.05) is 24.7 Å². The number of hydrogen-bond donors (Lipinski definition) is 1. The van der Waals surface area contributed by atoms with Gasteiger partial charge < -0.3 is 15.4 Å². The van der Waals surface area contributed by atoms with Gasteiger partial charge in [-0.1, -0.05) is 0 Å². The van der Waals surface area contributed by atoms with Gasteiger partial charge in [-0.15, -0.1) is 0 Å². The third-order valence-corrected chi connectivity index (χ3v) is 2.76. The first-order valence-electron chi connectivity index (χ1n) is 6.04. The SMILES string of the molecule is CC(C)(C)OC(=O)N1CC(c2ccc(N)cn2)C1. The quantitative estimate of drug-likeness (QED) is 0.826. The van der Waals surface area contributed by atoms with Crippen molar-refractivity contribution in [3.63, 3.8) is 0 Å². The van der Waals surface area contributed by atoms with Crippen LogP contribution in [0.25, 0.3) is 0 Å². The molecule has 0 unspecified atom stereocenters. The van der Waals surface area contributed by atoms with Crippen molar-refractivity contribution in [1.82, 2.24) is 9.88 Å². The van der Waals surface area contributed by atoms with E-state index < -0.39 is 5.60 Å². The minimum Gasteiger partial charge on any atom is -0.444 e. The van der Waals surface area contributed by atoms with Crippen LogP contribution in [0.1, 0.15) is 32.4 Å². The van der Waals surface area contributed by atoms with Crippen LogP contribution in [-0.4, -0.2) is 34.7 Å². The van der Waals surface area contributed by atoms with Gasteiger partial charge in [-0.05, 0) is 32.9 Å². The highest BCUT2D eigenvalue weighted by Crippen LogP contribution is 2.27. The zero-order valence-corrected chi connectivity index (χ0v) is 11.0. The number of rotatable bonds is 1. The predicted octanol–water partition coefficient (Wildman–Crippen LogP) is 2.00. The van der Waals surface area contributed by atoms with Gasteiger partial charge in [0.15, 0.2) is 0 Å². The summed E-state index contributed by atoms with van der Waals surface area (Å²) in [4.78, 5) is 17.7. The molecule has 0 radical (unpaired) electrons. The summed E-state index contributed by atoms with van der Waals surface area (Å²) in [6, 6.07) is 3.74. The molecule has 0 atom stereocenters. The number of nitrogens with zero attached hydrogens (tertiary/aromatic N) is 2. The lowest BCUT2D eigenvalue weighted by Gasteiger charge is -2.39. The molecule has 5 heteroatoms. The Morgan fingerprint density at radius 1 is 1.44 bits per heavy atom. The Morgan fingerprint density at radius 3 is 2.61 bits per heavy atom. The molecular formula is C13H19N3O2. The van der Waals surface area contributed by atoms with E-state index in [1.54, 1.807) is 11.1 Å².